The fraction of sp³-hybridized carbons (Fsp3) is 0.333. The first kappa shape index (κ1) is 23.1. The van der Waals surface area contributed by atoms with Gasteiger partial charge in [-0.25, -0.2) is 0 Å². The Balaban J connectivity index is 1.76. The van der Waals surface area contributed by atoms with Crippen molar-refractivity contribution in [3.05, 3.63) is 64.2 Å². The number of phenolic OH excluding ortho intramolecular Hbond substituents is 1. The standard InChI is InChI=1S/C24H25ClN2O6/c1-32-17-5-6-18(19(28)14-17)22(29)20-21(15-3-2-4-16(25)13-15)27(24(31)23(20)30)8-7-26-9-11-33-12-10-26/h2-6,13-14,21,28-29H,7-12H2,1H3. The highest BCUT2D eigenvalue weighted by molar-refractivity contribution is 6.46. The number of hydrogen-bond donors (Lipinski definition) is 2. The number of amides is 1. The van der Waals surface area contributed by atoms with Crippen LogP contribution in [-0.2, 0) is 14.3 Å². The SMILES string of the molecule is COc1ccc(C(O)=C2C(=O)C(=O)N(CCN3CCOCC3)C2c2cccc(Cl)c2)c(O)c1. The number of Topliss-reactive ketones (excluding diaryl/α,β-unsaturated/α-hetero) is 1. The predicted molar refractivity (Wildman–Crippen MR) is 122 cm³/mol. The molecule has 0 saturated carbocycles. The van der Waals surface area contributed by atoms with Crippen molar-refractivity contribution in [2.24, 2.45) is 0 Å². The number of ether oxygens (including phenoxy) is 2. The number of aliphatic hydroxyl groups is 1. The molecule has 9 heteroatoms. The zero-order valence-electron chi connectivity index (χ0n) is 18.2. The Morgan fingerprint density at radius 2 is 1.91 bits per heavy atom. The second kappa shape index (κ2) is 9.82. The molecule has 0 spiro atoms. The third-order valence-corrected chi connectivity index (χ3v) is 6.16. The van der Waals surface area contributed by atoms with Crippen molar-refractivity contribution >= 4 is 29.1 Å². The number of benzene rings is 2. The number of rotatable bonds is 6. The molecule has 0 aromatic heterocycles. The molecule has 0 aliphatic carbocycles. The number of ketones is 1. The zero-order valence-corrected chi connectivity index (χ0v) is 18.9. The maximum absolute atomic E-state index is 13.1. The molecular formula is C24H25ClN2O6. The summed E-state index contributed by atoms with van der Waals surface area (Å²) in [6.45, 7) is 3.56. The van der Waals surface area contributed by atoms with Crippen molar-refractivity contribution in [1.82, 2.24) is 9.80 Å². The van der Waals surface area contributed by atoms with Gasteiger partial charge in [-0.05, 0) is 29.8 Å². The van der Waals surface area contributed by atoms with E-state index < -0.39 is 23.5 Å². The molecule has 2 aliphatic rings. The van der Waals surface area contributed by atoms with Crippen LogP contribution in [0.5, 0.6) is 11.5 Å². The molecule has 2 fully saturated rings. The Morgan fingerprint density at radius 3 is 2.58 bits per heavy atom. The molecule has 2 aromatic carbocycles. The lowest BCUT2D eigenvalue weighted by atomic mass is 9.95. The number of phenols is 1. The quantitative estimate of drug-likeness (QED) is 0.379. The van der Waals surface area contributed by atoms with Gasteiger partial charge in [-0.15, -0.1) is 0 Å². The number of methoxy groups -OCH3 is 1. The van der Waals surface area contributed by atoms with E-state index in [0.29, 0.717) is 36.1 Å². The van der Waals surface area contributed by atoms with E-state index in [9.17, 15) is 19.8 Å². The zero-order chi connectivity index (χ0) is 23.5. The number of carbonyl (C=O) groups is 2. The lowest BCUT2D eigenvalue weighted by Crippen LogP contribution is -2.42. The number of likely N-dealkylation sites (tertiary alicyclic amines) is 1. The molecule has 8 nitrogen and oxygen atoms in total. The van der Waals surface area contributed by atoms with Gasteiger partial charge in [0.05, 0.1) is 37.5 Å². The van der Waals surface area contributed by atoms with E-state index in [2.05, 4.69) is 4.90 Å². The van der Waals surface area contributed by atoms with E-state index in [0.717, 1.165) is 13.1 Å². The molecule has 1 amide bonds. The summed E-state index contributed by atoms with van der Waals surface area (Å²) in [5.74, 6) is -1.84. The van der Waals surface area contributed by atoms with E-state index >= 15 is 0 Å². The van der Waals surface area contributed by atoms with E-state index in [1.807, 2.05) is 0 Å². The lowest BCUT2D eigenvalue weighted by molar-refractivity contribution is -0.140. The molecule has 0 radical (unpaired) electrons. The molecule has 2 N–H and O–H groups in total. The maximum atomic E-state index is 13.1. The molecule has 174 valence electrons. The predicted octanol–water partition coefficient (Wildman–Crippen LogP) is 2.81. The third kappa shape index (κ3) is 4.68. The van der Waals surface area contributed by atoms with Gasteiger partial charge in [0.15, 0.2) is 0 Å². The van der Waals surface area contributed by atoms with Crippen molar-refractivity contribution in [3.8, 4) is 11.5 Å². The maximum Gasteiger partial charge on any atom is 0.295 e. The summed E-state index contributed by atoms with van der Waals surface area (Å²) in [7, 11) is 1.45. The number of aliphatic hydroxyl groups excluding tert-OH is 1. The monoisotopic (exact) mass is 472 g/mol. The van der Waals surface area contributed by atoms with Crippen LogP contribution in [0.4, 0.5) is 0 Å². The Morgan fingerprint density at radius 1 is 1.15 bits per heavy atom. The van der Waals surface area contributed by atoms with Gasteiger partial charge in [0, 0.05) is 37.3 Å². The van der Waals surface area contributed by atoms with Gasteiger partial charge >= 0.3 is 0 Å². The van der Waals surface area contributed by atoms with E-state index in [1.54, 1.807) is 30.3 Å². The van der Waals surface area contributed by atoms with Crippen molar-refractivity contribution in [1.29, 1.82) is 0 Å². The summed E-state index contributed by atoms with van der Waals surface area (Å²) in [6, 6.07) is 10.3. The van der Waals surface area contributed by atoms with Gasteiger partial charge in [-0.3, -0.25) is 14.5 Å². The van der Waals surface area contributed by atoms with Gasteiger partial charge in [-0.2, -0.15) is 0 Å². The van der Waals surface area contributed by atoms with Crippen LogP contribution >= 0.6 is 11.6 Å². The number of nitrogens with zero attached hydrogens (tertiary/aromatic N) is 2. The third-order valence-electron chi connectivity index (χ3n) is 5.93. The minimum Gasteiger partial charge on any atom is -0.507 e. The minimum atomic E-state index is -0.841. The van der Waals surface area contributed by atoms with Crippen LogP contribution in [0.25, 0.3) is 5.76 Å². The topological polar surface area (TPSA) is 99.5 Å². The lowest BCUT2D eigenvalue weighted by Gasteiger charge is -2.31. The van der Waals surface area contributed by atoms with Crippen molar-refractivity contribution < 1.29 is 29.3 Å². The number of hydrogen-bond acceptors (Lipinski definition) is 7. The van der Waals surface area contributed by atoms with Gasteiger partial charge in [0.2, 0.25) is 0 Å². The van der Waals surface area contributed by atoms with Gasteiger partial charge in [0.1, 0.15) is 17.3 Å². The molecule has 1 unspecified atom stereocenters. The van der Waals surface area contributed by atoms with Crippen LogP contribution in [0.15, 0.2) is 48.0 Å². The molecule has 0 bridgehead atoms. The van der Waals surface area contributed by atoms with Crippen LogP contribution in [0.3, 0.4) is 0 Å². The second-order valence-corrected chi connectivity index (χ2v) is 8.32. The number of carbonyl (C=O) groups excluding carboxylic acids is 2. The summed E-state index contributed by atoms with van der Waals surface area (Å²) < 4.78 is 10.5. The molecule has 4 rings (SSSR count). The summed E-state index contributed by atoms with van der Waals surface area (Å²) in [6.07, 6.45) is 0. The van der Waals surface area contributed by atoms with Crippen LogP contribution in [0.1, 0.15) is 17.2 Å². The summed E-state index contributed by atoms with van der Waals surface area (Å²) in [4.78, 5) is 29.8. The highest BCUT2D eigenvalue weighted by Crippen LogP contribution is 2.41. The van der Waals surface area contributed by atoms with Crippen LogP contribution in [0.2, 0.25) is 5.02 Å². The summed E-state index contributed by atoms with van der Waals surface area (Å²) >= 11 is 6.20. The van der Waals surface area contributed by atoms with Crippen LogP contribution < -0.4 is 4.74 Å². The molecule has 33 heavy (non-hydrogen) atoms. The van der Waals surface area contributed by atoms with E-state index in [-0.39, 0.29) is 23.4 Å². The van der Waals surface area contributed by atoms with Crippen molar-refractivity contribution in [3.63, 3.8) is 0 Å². The average Bonchev–Trinajstić information content (AvgIpc) is 3.07. The Labute approximate surface area is 196 Å². The largest absolute Gasteiger partial charge is 0.507 e. The molecule has 2 aromatic rings. The fourth-order valence-electron chi connectivity index (χ4n) is 4.19. The van der Waals surface area contributed by atoms with E-state index in [4.69, 9.17) is 21.1 Å². The van der Waals surface area contributed by atoms with Crippen LogP contribution in [-0.4, -0.2) is 78.2 Å². The Bertz CT molecular complexity index is 1100. The fourth-order valence-corrected chi connectivity index (χ4v) is 4.39. The van der Waals surface area contributed by atoms with E-state index in [1.165, 1.54) is 24.1 Å². The molecule has 2 saturated heterocycles. The average molecular weight is 473 g/mol. The number of aromatic hydroxyl groups is 1. The molecule has 2 aliphatic heterocycles. The highest BCUT2D eigenvalue weighted by atomic mass is 35.5. The molecule has 1 atom stereocenters. The molecular weight excluding hydrogens is 448 g/mol. The smallest absolute Gasteiger partial charge is 0.295 e. The number of halogens is 1. The first-order valence-electron chi connectivity index (χ1n) is 10.6. The van der Waals surface area contributed by atoms with Crippen LogP contribution in [0, 0.1) is 0 Å². The highest BCUT2D eigenvalue weighted by Gasteiger charge is 2.46. The van der Waals surface area contributed by atoms with Gasteiger partial charge in [-0.1, -0.05) is 23.7 Å². The van der Waals surface area contributed by atoms with Gasteiger partial charge < -0.3 is 24.6 Å². The minimum absolute atomic E-state index is 0.0361. The number of morpholine rings is 1. The van der Waals surface area contributed by atoms with Crippen molar-refractivity contribution in [2.45, 2.75) is 6.04 Å². The first-order chi connectivity index (χ1) is 15.9. The first-order valence-corrected chi connectivity index (χ1v) is 11.0. The Kier molecular flexibility index (Phi) is 6.88. The molecule has 2 heterocycles. The summed E-state index contributed by atoms with van der Waals surface area (Å²) in [5.41, 5.74) is 0.539. The second-order valence-electron chi connectivity index (χ2n) is 7.88. The van der Waals surface area contributed by atoms with Crippen molar-refractivity contribution in [2.75, 3.05) is 46.5 Å². The Hall–Kier alpha value is -3.07. The summed E-state index contributed by atoms with van der Waals surface area (Å²) in [5, 5.41) is 22.0. The van der Waals surface area contributed by atoms with Gasteiger partial charge in [0.25, 0.3) is 11.7 Å². The normalized spacial score (nSPS) is 20.9.